The molecule has 0 spiro atoms. The second-order valence-electron chi connectivity index (χ2n) is 6.37. The SMILES string of the molecule is O=C(C[C@H]1C[C@H]2CC[C@@H]1C2)NCCc1ccc(Cl)cc1. The topological polar surface area (TPSA) is 29.1 Å². The van der Waals surface area contributed by atoms with Crippen LogP contribution in [0, 0.1) is 17.8 Å². The smallest absolute Gasteiger partial charge is 0.220 e. The van der Waals surface area contributed by atoms with E-state index in [4.69, 9.17) is 11.6 Å². The number of carbonyl (C=O) groups is 1. The van der Waals surface area contributed by atoms with Crippen molar-refractivity contribution in [3.8, 4) is 0 Å². The van der Waals surface area contributed by atoms with Gasteiger partial charge >= 0.3 is 0 Å². The fraction of sp³-hybridized carbons (Fsp3) is 0.588. The number of hydrogen-bond acceptors (Lipinski definition) is 1. The summed E-state index contributed by atoms with van der Waals surface area (Å²) < 4.78 is 0. The van der Waals surface area contributed by atoms with Crippen molar-refractivity contribution in [1.82, 2.24) is 5.32 Å². The van der Waals surface area contributed by atoms with E-state index in [1.807, 2.05) is 24.3 Å². The second-order valence-corrected chi connectivity index (χ2v) is 6.80. The number of carbonyl (C=O) groups excluding carboxylic acids is 1. The molecule has 0 aliphatic heterocycles. The molecule has 0 unspecified atom stereocenters. The van der Waals surface area contributed by atoms with Crippen LogP contribution in [-0.4, -0.2) is 12.5 Å². The third kappa shape index (κ3) is 3.35. The summed E-state index contributed by atoms with van der Waals surface area (Å²) in [7, 11) is 0. The van der Waals surface area contributed by atoms with Crippen molar-refractivity contribution in [3.63, 3.8) is 0 Å². The van der Waals surface area contributed by atoms with Crippen LogP contribution >= 0.6 is 11.6 Å². The number of nitrogens with one attached hydrogen (secondary N) is 1. The van der Waals surface area contributed by atoms with Gasteiger partial charge in [-0.2, -0.15) is 0 Å². The Labute approximate surface area is 125 Å². The van der Waals surface area contributed by atoms with Gasteiger partial charge in [0.2, 0.25) is 5.91 Å². The largest absolute Gasteiger partial charge is 0.356 e. The van der Waals surface area contributed by atoms with Crippen molar-refractivity contribution in [2.24, 2.45) is 17.8 Å². The molecule has 2 nitrogen and oxygen atoms in total. The minimum Gasteiger partial charge on any atom is -0.356 e. The van der Waals surface area contributed by atoms with E-state index in [2.05, 4.69) is 5.32 Å². The summed E-state index contributed by atoms with van der Waals surface area (Å²) in [5.41, 5.74) is 1.22. The van der Waals surface area contributed by atoms with E-state index >= 15 is 0 Å². The number of benzene rings is 1. The number of halogens is 1. The molecule has 3 rings (SSSR count). The lowest BCUT2D eigenvalue weighted by Gasteiger charge is -2.20. The standard InChI is InChI=1S/C17H22ClNO/c18-16-5-2-12(3-6-16)7-8-19-17(20)11-15-10-13-1-4-14(15)9-13/h2-3,5-6,13-15H,1,4,7-11H2,(H,19,20)/t13-,14+,15+/m0/s1. The van der Waals surface area contributed by atoms with Crippen molar-refractivity contribution in [3.05, 3.63) is 34.9 Å². The van der Waals surface area contributed by atoms with E-state index in [0.29, 0.717) is 5.92 Å². The van der Waals surface area contributed by atoms with Gasteiger partial charge in [-0.3, -0.25) is 4.79 Å². The molecule has 0 heterocycles. The van der Waals surface area contributed by atoms with E-state index < -0.39 is 0 Å². The Bertz CT molecular complexity index is 470. The zero-order chi connectivity index (χ0) is 13.9. The van der Waals surface area contributed by atoms with Crippen LogP contribution in [0.5, 0.6) is 0 Å². The first kappa shape index (κ1) is 13.9. The van der Waals surface area contributed by atoms with E-state index in [1.165, 1.54) is 31.2 Å². The van der Waals surface area contributed by atoms with Crippen LogP contribution in [0.25, 0.3) is 0 Å². The highest BCUT2D eigenvalue weighted by molar-refractivity contribution is 6.30. The zero-order valence-electron chi connectivity index (χ0n) is 11.8. The molecular formula is C17H22ClNO. The van der Waals surface area contributed by atoms with Crippen molar-refractivity contribution < 1.29 is 4.79 Å². The first-order chi connectivity index (χ1) is 9.70. The molecule has 1 aromatic carbocycles. The van der Waals surface area contributed by atoms with Crippen LogP contribution < -0.4 is 5.32 Å². The maximum absolute atomic E-state index is 12.0. The molecule has 2 fully saturated rings. The highest BCUT2D eigenvalue weighted by Crippen LogP contribution is 2.49. The maximum Gasteiger partial charge on any atom is 0.220 e. The Morgan fingerprint density at radius 3 is 2.65 bits per heavy atom. The quantitative estimate of drug-likeness (QED) is 0.878. The van der Waals surface area contributed by atoms with Crippen molar-refractivity contribution in [1.29, 1.82) is 0 Å². The third-order valence-corrected chi connectivity index (χ3v) is 5.23. The lowest BCUT2D eigenvalue weighted by atomic mass is 9.86. The summed E-state index contributed by atoms with van der Waals surface area (Å²) in [6.07, 6.45) is 7.03. The van der Waals surface area contributed by atoms with E-state index in [1.54, 1.807) is 0 Å². The lowest BCUT2D eigenvalue weighted by Crippen LogP contribution is -2.28. The minimum absolute atomic E-state index is 0.233. The van der Waals surface area contributed by atoms with Gasteiger partial charge in [0.05, 0.1) is 0 Å². The molecule has 2 aliphatic carbocycles. The highest BCUT2D eigenvalue weighted by Gasteiger charge is 2.39. The molecule has 2 saturated carbocycles. The fourth-order valence-electron chi connectivity index (χ4n) is 3.93. The Kier molecular flexibility index (Phi) is 4.30. The normalized spacial score (nSPS) is 27.8. The molecule has 1 aromatic rings. The first-order valence-corrected chi connectivity index (χ1v) is 8.09. The van der Waals surface area contributed by atoms with Gasteiger partial charge in [-0.15, -0.1) is 0 Å². The van der Waals surface area contributed by atoms with Crippen LogP contribution in [0.2, 0.25) is 5.02 Å². The summed E-state index contributed by atoms with van der Waals surface area (Å²) >= 11 is 5.85. The molecule has 0 radical (unpaired) electrons. The highest BCUT2D eigenvalue weighted by atomic mass is 35.5. The average Bonchev–Trinajstić information content (AvgIpc) is 3.03. The Morgan fingerprint density at radius 2 is 2.00 bits per heavy atom. The molecule has 2 bridgehead atoms. The molecule has 0 aromatic heterocycles. The predicted molar refractivity (Wildman–Crippen MR) is 81.7 cm³/mol. The lowest BCUT2D eigenvalue weighted by molar-refractivity contribution is -0.122. The molecule has 0 saturated heterocycles. The number of rotatable bonds is 5. The van der Waals surface area contributed by atoms with Crippen molar-refractivity contribution in [2.75, 3.05) is 6.54 Å². The van der Waals surface area contributed by atoms with Gasteiger partial charge in [0.15, 0.2) is 0 Å². The van der Waals surface area contributed by atoms with Crippen LogP contribution in [0.4, 0.5) is 0 Å². The summed E-state index contributed by atoms with van der Waals surface area (Å²) in [6, 6.07) is 7.83. The fourth-order valence-corrected chi connectivity index (χ4v) is 4.06. The Balaban J connectivity index is 1.38. The molecule has 1 N–H and O–H groups in total. The van der Waals surface area contributed by atoms with Crippen molar-refractivity contribution in [2.45, 2.75) is 38.5 Å². The second kappa shape index (κ2) is 6.17. The van der Waals surface area contributed by atoms with E-state index in [-0.39, 0.29) is 5.91 Å². The summed E-state index contributed by atoms with van der Waals surface area (Å²) in [4.78, 5) is 12.0. The van der Waals surface area contributed by atoms with Gasteiger partial charge in [-0.25, -0.2) is 0 Å². The Hall–Kier alpha value is -1.02. The zero-order valence-corrected chi connectivity index (χ0v) is 12.5. The van der Waals surface area contributed by atoms with Crippen LogP contribution in [0.15, 0.2) is 24.3 Å². The molecule has 1 amide bonds. The van der Waals surface area contributed by atoms with Gasteiger partial charge in [0.25, 0.3) is 0 Å². The van der Waals surface area contributed by atoms with Crippen LogP contribution in [-0.2, 0) is 11.2 Å². The van der Waals surface area contributed by atoms with Gasteiger partial charge in [-0.05, 0) is 61.1 Å². The number of amides is 1. The molecule has 3 atom stereocenters. The number of hydrogen-bond donors (Lipinski definition) is 1. The predicted octanol–water partition coefficient (Wildman–Crippen LogP) is 3.83. The summed E-state index contributed by atoms with van der Waals surface area (Å²) in [5.74, 6) is 2.65. The molecule has 20 heavy (non-hydrogen) atoms. The monoisotopic (exact) mass is 291 g/mol. The summed E-state index contributed by atoms with van der Waals surface area (Å²) in [5, 5.41) is 3.82. The van der Waals surface area contributed by atoms with Crippen LogP contribution in [0.1, 0.15) is 37.7 Å². The summed E-state index contributed by atoms with van der Waals surface area (Å²) in [6.45, 7) is 0.723. The molecule has 3 heteroatoms. The first-order valence-electron chi connectivity index (χ1n) is 7.72. The molecule has 2 aliphatic rings. The third-order valence-electron chi connectivity index (χ3n) is 4.98. The maximum atomic E-state index is 12.0. The van der Waals surface area contributed by atoms with E-state index in [9.17, 15) is 4.79 Å². The van der Waals surface area contributed by atoms with Crippen molar-refractivity contribution >= 4 is 17.5 Å². The molecular weight excluding hydrogens is 270 g/mol. The number of fused-ring (bicyclic) bond motifs is 2. The van der Waals surface area contributed by atoms with Gasteiger partial charge < -0.3 is 5.32 Å². The van der Waals surface area contributed by atoms with Gasteiger partial charge in [0, 0.05) is 18.0 Å². The Morgan fingerprint density at radius 1 is 1.20 bits per heavy atom. The molecule has 108 valence electrons. The van der Waals surface area contributed by atoms with Gasteiger partial charge in [-0.1, -0.05) is 30.2 Å². The minimum atomic E-state index is 0.233. The van der Waals surface area contributed by atoms with E-state index in [0.717, 1.165) is 36.2 Å². The van der Waals surface area contributed by atoms with Gasteiger partial charge in [0.1, 0.15) is 0 Å². The average molecular weight is 292 g/mol. The van der Waals surface area contributed by atoms with Crippen LogP contribution in [0.3, 0.4) is 0 Å².